The van der Waals surface area contributed by atoms with Crippen LogP contribution in [0.25, 0.3) is 0 Å². The first-order valence-corrected chi connectivity index (χ1v) is 9.72. The summed E-state index contributed by atoms with van der Waals surface area (Å²) in [6.07, 6.45) is 1.35. The predicted molar refractivity (Wildman–Crippen MR) is 108 cm³/mol. The second kappa shape index (κ2) is 7.61. The molecule has 27 heavy (non-hydrogen) atoms. The van der Waals surface area contributed by atoms with E-state index in [0.717, 1.165) is 30.9 Å². The van der Waals surface area contributed by atoms with Crippen molar-refractivity contribution < 1.29 is 9.53 Å². The van der Waals surface area contributed by atoms with E-state index in [2.05, 4.69) is 47.6 Å². The molecule has 2 aromatic carbocycles. The molecule has 2 aromatic rings. The number of amides is 2. The minimum atomic E-state index is -0.139. The van der Waals surface area contributed by atoms with Crippen LogP contribution in [0.3, 0.4) is 0 Å². The van der Waals surface area contributed by atoms with Crippen LogP contribution in [-0.2, 0) is 4.74 Å². The highest BCUT2D eigenvalue weighted by atomic mass is 16.5. The van der Waals surface area contributed by atoms with E-state index in [4.69, 9.17) is 4.74 Å². The van der Waals surface area contributed by atoms with E-state index in [-0.39, 0.29) is 24.3 Å². The van der Waals surface area contributed by atoms with E-state index in [1.54, 1.807) is 0 Å². The van der Waals surface area contributed by atoms with Crippen LogP contribution < -0.4 is 15.5 Å². The lowest BCUT2D eigenvalue weighted by molar-refractivity contribution is -0.00517. The van der Waals surface area contributed by atoms with Gasteiger partial charge in [-0.1, -0.05) is 42.5 Å². The molecule has 0 aromatic heterocycles. The number of nitrogens with zero attached hydrogens (tertiary/aromatic N) is 1. The van der Waals surface area contributed by atoms with Gasteiger partial charge < -0.3 is 20.3 Å². The van der Waals surface area contributed by atoms with E-state index in [1.807, 2.05) is 36.4 Å². The first kappa shape index (κ1) is 17.9. The van der Waals surface area contributed by atoms with Gasteiger partial charge in [-0.15, -0.1) is 0 Å². The first-order valence-electron chi connectivity index (χ1n) is 9.72. The standard InChI is InChI=1S/C22H27N3O2/c1-15-13-25(14-16(2)27-15)21-11-7-6-10-19(21)23-22(26)24-20-12-18(20)17-8-4-3-5-9-17/h3-11,15-16,18,20H,12-14H2,1-2H3,(H2,23,24,26)/t15-,16+,18-,20-/m1/s1. The SMILES string of the molecule is C[C@@H]1CN(c2ccccc2NC(=O)N[C@@H]2C[C@@H]2c2ccccc2)C[C@H](C)O1. The number of morpholine rings is 1. The molecule has 1 aliphatic heterocycles. The van der Waals surface area contributed by atoms with Crippen molar-refractivity contribution in [2.45, 2.75) is 44.4 Å². The first-order chi connectivity index (χ1) is 13.1. The van der Waals surface area contributed by atoms with Gasteiger partial charge in [0.15, 0.2) is 0 Å². The highest BCUT2D eigenvalue weighted by Crippen LogP contribution is 2.40. The summed E-state index contributed by atoms with van der Waals surface area (Å²) in [5.41, 5.74) is 3.18. The smallest absolute Gasteiger partial charge is 0.319 e. The Labute approximate surface area is 160 Å². The normalized spacial score (nSPS) is 27.1. The van der Waals surface area contributed by atoms with Gasteiger partial charge in [0.25, 0.3) is 0 Å². The predicted octanol–water partition coefficient (Wildman–Crippen LogP) is 3.98. The maximum Gasteiger partial charge on any atom is 0.319 e. The maximum absolute atomic E-state index is 12.5. The summed E-state index contributed by atoms with van der Waals surface area (Å²) in [6.45, 7) is 5.82. The van der Waals surface area contributed by atoms with Crippen molar-refractivity contribution >= 4 is 17.4 Å². The second-order valence-electron chi connectivity index (χ2n) is 7.64. The van der Waals surface area contributed by atoms with Crippen molar-refractivity contribution in [3.05, 3.63) is 60.2 Å². The monoisotopic (exact) mass is 365 g/mol. The Balaban J connectivity index is 1.39. The molecule has 0 spiro atoms. The topological polar surface area (TPSA) is 53.6 Å². The number of rotatable bonds is 4. The van der Waals surface area contributed by atoms with Gasteiger partial charge in [0.05, 0.1) is 23.6 Å². The van der Waals surface area contributed by atoms with Crippen LogP contribution in [0, 0.1) is 0 Å². The molecule has 142 valence electrons. The molecule has 4 rings (SSSR count). The van der Waals surface area contributed by atoms with Crippen molar-refractivity contribution in [1.82, 2.24) is 5.32 Å². The summed E-state index contributed by atoms with van der Waals surface area (Å²) in [4.78, 5) is 14.8. The molecule has 1 saturated carbocycles. The van der Waals surface area contributed by atoms with Crippen LogP contribution in [-0.4, -0.2) is 37.4 Å². The minimum absolute atomic E-state index is 0.139. The van der Waals surface area contributed by atoms with E-state index in [0.29, 0.717) is 5.92 Å². The number of hydrogen-bond donors (Lipinski definition) is 2. The number of para-hydroxylation sites is 2. The molecule has 2 fully saturated rings. The van der Waals surface area contributed by atoms with Crippen molar-refractivity contribution in [3.8, 4) is 0 Å². The van der Waals surface area contributed by atoms with Gasteiger partial charge in [0.1, 0.15) is 0 Å². The highest BCUT2D eigenvalue weighted by molar-refractivity contribution is 5.93. The Morgan fingerprint density at radius 3 is 2.41 bits per heavy atom. The van der Waals surface area contributed by atoms with Gasteiger partial charge in [-0.3, -0.25) is 0 Å². The molecule has 0 bridgehead atoms. The number of benzene rings is 2. The van der Waals surface area contributed by atoms with Crippen molar-refractivity contribution in [2.75, 3.05) is 23.3 Å². The van der Waals surface area contributed by atoms with E-state index in [9.17, 15) is 4.79 Å². The molecular formula is C22H27N3O2. The van der Waals surface area contributed by atoms with Gasteiger partial charge >= 0.3 is 6.03 Å². The van der Waals surface area contributed by atoms with Crippen LogP contribution >= 0.6 is 0 Å². The van der Waals surface area contributed by atoms with Gasteiger partial charge in [-0.25, -0.2) is 4.79 Å². The molecule has 5 heteroatoms. The highest BCUT2D eigenvalue weighted by Gasteiger charge is 2.39. The molecule has 5 nitrogen and oxygen atoms in total. The Morgan fingerprint density at radius 2 is 1.67 bits per heavy atom. The molecular weight excluding hydrogens is 338 g/mol. The molecule has 1 aliphatic carbocycles. The summed E-state index contributed by atoms with van der Waals surface area (Å²) in [5.74, 6) is 0.424. The third-order valence-electron chi connectivity index (χ3n) is 5.25. The van der Waals surface area contributed by atoms with Gasteiger partial charge in [-0.05, 0) is 38.0 Å². The third kappa shape index (κ3) is 4.25. The Kier molecular flexibility index (Phi) is 5.03. The van der Waals surface area contributed by atoms with Crippen LogP contribution in [0.4, 0.5) is 16.2 Å². The molecule has 2 aliphatic rings. The molecule has 0 unspecified atom stereocenters. The molecule has 1 saturated heterocycles. The van der Waals surface area contributed by atoms with Gasteiger partial charge in [-0.2, -0.15) is 0 Å². The fourth-order valence-corrected chi connectivity index (χ4v) is 3.98. The summed E-state index contributed by atoms with van der Waals surface area (Å²) >= 11 is 0. The molecule has 0 radical (unpaired) electrons. The van der Waals surface area contributed by atoms with Crippen LogP contribution in [0.15, 0.2) is 54.6 Å². The Morgan fingerprint density at radius 1 is 1.00 bits per heavy atom. The summed E-state index contributed by atoms with van der Waals surface area (Å²) in [6, 6.07) is 18.4. The lowest BCUT2D eigenvalue weighted by atomic mass is 10.1. The third-order valence-corrected chi connectivity index (χ3v) is 5.25. The quantitative estimate of drug-likeness (QED) is 0.862. The second-order valence-corrected chi connectivity index (χ2v) is 7.64. The van der Waals surface area contributed by atoms with E-state index in [1.165, 1.54) is 5.56 Å². The van der Waals surface area contributed by atoms with E-state index >= 15 is 0 Å². The van der Waals surface area contributed by atoms with Crippen molar-refractivity contribution in [2.24, 2.45) is 0 Å². The number of hydrogen-bond acceptors (Lipinski definition) is 3. The lowest BCUT2D eigenvalue weighted by Gasteiger charge is -2.37. The van der Waals surface area contributed by atoms with E-state index < -0.39 is 0 Å². The number of carbonyl (C=O) groups excluding carboxylic acids is 1. The summed E-state index contributed by atoms with van der Waals surface area (Å²) < 4.78 is 5.83. The molecule has 2 N–H and O–H groups in total. The van der Waals surface area contributed by atoms with Gasteiger partial charge in [0.2, 0.25) is 0 Å². The number of nitrogens with one attached hydrogen (secondary N) is 2. The average Bonchev–Trinajstić information content (AvgIpc) is 3.41. The average molecular weight is 365 g/mol. The van der Waals surface area contributed by atoms with Crippen LogP contribution in [0.5, 0.6) is 0 Å². The Bertz CT molecular complexity index is 785. The fraction of sp³-hybridized carbons (Fsp3) is 0.409. The summed E-state index contributed by atoms with van der Waals surface area (Å²) in [7, 11) is 0. The molecule has 1 heterocycles. The summed E-state index contributed by atoms with van der Waals surface area (Å²) in [5, 5.41) is 6.15. The zero-order valence-electron chi connectivity index (χ0n) is 15.9. The lowest BCUT2D eigenvalue weighted by Crippen LogP contribution is -2.45. The van der Waals surface area contributed by atoms with Gasteiger partial charge in [0, 0.05) is 25.0 Å². The largest absolute Gasteiger partial charge is 0.372 e. The fourth-order valence-electron chi connectivity index (χ4n) is 3.98. The van der Waals surface area contributed by atoms with Crippen LogP contribution in [0.1, 0.15) is 31.7 Å². The van der Waals surface area contributed by atoms with Crippen molar-refractivity contribution in [1.29, 1.82) is 0 Å². The number of urea groups is 1. The van der Waals surface area contributed by atoms with Crippen molar-refractivity contribution in [3.63, 3.8) is 0 Å². The number of ether oxygens (including phenoxy) is 1. The van der Waals surface area contributed by atoms with Crippen LogP contribution in [0.2, 0.25) is 0 Å². The maximum atomic E-state index is 12.5. The number of anilines is 2. The molecule has 4 atom stereocenters. The Hall–Kier alpha value is -2.53. The zero-order valence-corrected chi connectivity index (χ0v) is 15.9. The minimum Gasteiger partial charge on any atom is -0.372 e. The zero-order chi connectivity index (χ0) is 18.8. The molecule has 2 amide bonds. The number of carbonyl (C=O) groups is 1.